The van der Waals surface area contributed by atoms with E-state index in [1.165, 1.54) is 0 Å². The number of alkyl carbamates (subject to hydrolysis) is 1. The molecule has 0 bridgehead atoms. The zero-order valence-electron chi connectivity index (χ0n) is 24.3. The molecular formula is C34H42N2O5. The highest BCUT2D eigenvalue weighted by Gasteiger charge is 2.35. The molecule has 0 radical (unpaired) electrons. The van der Waals surface area contributed by atoms with E-state index in [4.69, 9.17) is 4.74 Å². The van der Waals surface area contributed by atoms with E-state index >= 15 is 0 Å². The van der Waals surface area contributed by atoms with Gasteiger partial charge in [-0.2, -0.15) is 0 Å². The van der Waals surface area contributed by atoms with Gasteiger partial charge in [-0.15, -0.1) is 0 Å². The van der Waals surface area contributed by atoms with Crippen LogP contribution in [0.3, 0.4) is 0 Å². The van der Waals surface area contributed by atoms with Gasteiger partial charge >= 0.3 is 6.09 Å². The first-order chi connectivity index (χ1) is 19.5. The minimum absolute atomic E-state index is 0.109. The summed E-state index contributed by atoms with van der Waals surface area (Å²) < 4.78 is 5.48. The van der Waals surface area contributed by atoms with Crippen molar-refractivity contribution < 1.29 is 24.5 Å². The predicted molar refractivity (Wildman–Crippen MR) is 159 cm³/mol. The SMILES string of the molecule is Cc1ccc(C[C@@H](C[C@H](O)[C@H](Cc2ccccc2)NC(=O)OC(C)(C)C)C(=O)N[C@H]2c3ccccc3C[C@H]2O)cc1. The van der Waals surface area contributed by atoms with Crippen molar-refractivity contribution in [1.29, 1.82) is 0 Å². The van der Waals surface area contributed by atoms with E-state index in [9.17, 15) is 19.8 Å². The number of hydrogen-bond acceptors (Lipinski definition) is 5. The Labute approximate surface area is 243 Å². The molecule has 4 rings (SSSR count). The van der Waals surface area contributed by atoms with Crippen molar-refractivity contribution >= 4 is 12.0 Å². The summed E-state index contributed by atoms with van der Waals surface area (Å²) in [6.45, 7) is 7.36. The Balaban J connectivity index is 1.56. The second-order valence-corrected chi connectivity index (χ2v) is 12.1. The Bertz CT molecular complexity index is 1300. The number of aliphatic hydroxyl groups excluding tert-OH is 2. The molecule has 0 unspecified atom stereocenters. The van der Waals surface area contributed by atoms with Crippen molar-refractivity contribution in [3.63, 3.8) is 0 Å². The monoisotopic (exact) mass is 558 g/mol. The van der Waals surface area contributed by atoms with Gasteiger partial charge in [-0.3, -0.25) is 4.79 Å². The topological polar surface area (TPSA) is 108 Å². The Morgan fingerprint density at radius 2 is 1.56 bits per heavy atom. The molecule has 218 valence electrons. The van der Waals surface area contributed by atoms with Crippen molar-refractivity contribution in [2.45, 2.75) is 83.3 Å². The number of rotatable bonds is 10. The molecule has 0 aromatic heterocycles. The van der Waals surface area contributed by atoms with Crippen LogP contribution in [0.5, 0.6) is 0 Å². The number of carbonyl (C=O) groups is 2. The molecule has 0 aliphatic heterocycles. The first-order valence-electron chi connectivity index (χ1n) is 14.3. The maximum atomic E-state index is 13.8. The third-order valence-electron chi connectivity index (χ3n) is 7.47. The van der Waals surface area contributed by atoms with Gasteiger partial charge in [-0.25, -0.2) is 4.79 Å². The van der Waals surface area contributed by atoms with Gasteiger partial charge in [0.1, 0.15) is 5.60 Å². The van der Waals surface area contributed by atoms with Gasteiger partial charge in [0.2, 0.25) is 5.91 Å². The third kappa shape index (κ3) is 8.65. The average molecular weight is 559 g/mol. The molecule has 41 heavy (non-hydrogen) atoms. The standard InChI is InChI=1S/C34H42N2O5/c1-22-14-16-24(17-15-22)18-26(32(39)36-31-27-13-9-8-12-25(27)20-30(31)38)21-29(37)28(19-23-10-6-5-7-11-23)35-33(40)41-34(2,3)4/h5-17,26,28-31,37-38H,18-21H2,1-4H3,(H,35,40)(H,36,39)/t26-,28-,29-,30+,31-/m0/s1. The number of aryl methyl sites for hydroxylation is 1. The summed E-state index contributed by atoms with van der Waals surface area (Å²) in [6, 6.07) is 24.1. The van der Waals surface area contributed by atoms with E-state index in [0.29, 0.717) is 19.3 Å². The molecule has 0 saturated carbocycles. The van der Waals surface area contributed by atoms with Crippen LogP contribution < -0.4 is 10.6 Å². The lowest BCUT2D eigenvalue weighted by Crippen LogP contribution is -2.48. The fraction of sp³-hybridized carbons (Fsp3) is 0.412. The van der Waals surface area contributed by atoms with Gasteiger partial charge in [0.05, 0.1) is 24.3 Å². The van der Waals surface area contributed by atoms with Crippen molar-refractivity contribution in [2.24, 2.45) is 5.92 Å². The molecule has 7 nitrogen and oxygen atoms in total. The number of fused-ring (bicyclic) bond motifs is 1. The maximum absolute atomic E-state index is 13.8. The molecule has 4 N–H and O–H groups in total. The van der Waals surface area contributed by atoms with Gasteiger partial charge in [-0.1, -0.05) is 84.4 Å². The van der Waals surface area contributed by atoms with Gasteiger partial charge in [0.15, 0.2) is 0 Å². The van der Waals surface area contributed by atoms with E-state index in [-0.39, 0.29) is 12.3 Å². The highest BCUT2D eigenvalue weighted by atomic mass is 16.6. The molecule has 1 aliphatic rings. The predicted octanol–water partition coefficient (Wildman–Crippen LogP) is 4.82. The van der Waals surface area contributed by atoms with Gasteiger partial charge in [0, 0.05) is 12.3 Å². The zero-order chi connectivity index (χ0) is 29.6. The molecule has 0 heterocycles. The lowest BCUT2D eigenvalue weighted by molar-refractivity contribution is -0.127. The number of ether oxygens (including phenoxy) is 1. The summed E-state index contributed by atoms with van der Waals surface area (Å²) >= 11 is 0. The van der Waals surface area contributed by atoms with Crippen LogP contribution in [-0.2, 0) is 28.8 Å². The molecule has 1 aliphatic carbocycles. The number of hydrogen-bond donors (Lipinski definition) is 4. The molecule has 0 spiro atoms. The Morgan fingerprint density at radius 3 is 2.24 bits per heavy atom. The second kappa shape index (κ2) is 13.3. The van der Waals surface area contributed by atoms with E-state index in [1.54, 1.807) is 20.8 Å². The van der Waals surface area contributed by atoms with Crippen molar-refractivity contribution in [2.75, 3.05) is 0 Å². The number of amides is 2. The van der Waals surface area contributed by atoms with E-state index in [2.05, 4.69) is 10.6 Å². The van der Waals surface area contributed by atoms with Crippen LogP contribution in [0.25, 0.3) is 0 Å². The molecule has 7 heteroatoms. The Morgan fingerprint density at radius 1 is 0.927 bits per heavy atom. The average Bonchev–Trinajstić information content (AvgIpc) is 3.23. The van der Waals surface area contributed by atoms with E-state index in [1.807, 2.05) is 85.8 Å². The van der Waals surface area contributed by atoms with Crippen LogP contribution in [0.15, 0.2) is 78.9 Å². The quantitative estimate of drug-likeness (QED) is 0.286. The summed E-state index contributed by atoms with van der Waals surface area (Å²) in [4.78, 5) is 26.5. The first-order valence-corrected chi connectivity index (χ1v) is 14.3. The van der Waals surface area contributed by atoms with Crippen molar-refractivity contribution in [3.8, 4) is 0 Å². The summed E-state index contributed by atoms with van der Waals surface area (Å²) in [6.07, 6.45) is -1.02. The zero-order valence-corrected chi connectivity index (χ0v) is 24.3. The normalized spacial score (nSPS) is 18.6. The molecule has 0 fully saturated rings. The van der Waals surface area contributed by atoms with Crippen LogP contribution in [0.2, 0.25) is 0 Å². The van der Waals surface area contributed by atoms with Gasteiger partial charge in [-0.05, 0) is 69.2 Å². The number of benzene rings is 3. The Hall–Kier alpha value is -3.68. The molecule has 3 aromatic carbocycles. The van der Waals surface area contributed by atoms with Crippen LogP contribution >= 0.6 is 0 Å². The molecule has 2 amide bonds. The summed E-state index contributed by atoms with van der Waals surface area (Å²) in [5.74, 6) is -0.854. The fourth-order valence-electron chi connectivity index (χ4n) is 5.38. The van der Waals surface area contributed by atoms with Crippen LogP contribution in [0.4, 0.5) is 4.79 Å². The van der Waals surface area contributed by atoms with E-state index in [0.717, 1.165) is 27.8 Å². The Kier molecular flexibility index (Phi) is 9.84. The first kappa shape index (κ1) is 30.3. The minimum Gasteiger partial charge on any atom is -0.444 e. The lowest BCUT2D eigenvalue weighted by atomic mass is 9.88. The van der Waals surface area contributed by atoms with Crippen molar-refractivity contribution in [3.05, 3.63) is 107 Å². The van der Waals surface area contributed by atoms with Crippen LogP contribution in [0.1, 0.15) is 61.1 Å². The largest absolute Gasteiger partial charge is 0.444 e. The number of nitrogens with one attached hydrogen (secondary N) is 2. The molecular weight excluding hydrogens is 516 g/mol. The number of carbonyl (C=O) groups excluding carboxylic acids is 2. The maximum Gasteiger partial charge on any atom is 0.407 e. The highest BCUT2D eigenvalue weighted by Crippen LogP contribution is 2.32. The van der Waals surface area contributed by atoms with Crippen molar-refractivity contribution in [1.82, 2.24) is 10.6 Å². The summed E-state index contributed by atoms with van der Waals surface area (Å²) in [5, 5.41) is 28.2. The minimum atomic E-state index is -1.04. The molecule has 0 saturated heterocycles. The van der Waals surface area contributed by atoms with Crippen LogP contribution in [-0.4, -0.2) is 46.1 Å². The van der Waals surface area contributed by atoms with E-state index < -0.39 is 41.9 Å². The fourth-order valence-corrected chi connectivity index (χ4v) is 5.38. The highest BCUT2D eigenvalue weighted by molar-refractivity contribution is 5.80. The summed E-state index contributed by atoms with van der Waals surface area (Å²) in [7, 11) is 0. The molecule has 5 atom stereocenters. The molecule has 3 aromatic rings. The third-order valence-corrected chi connectivity index (χ3v) is 7.47. The van der Waals surface area contributed by atoms with Crippen LogP contribution in [0, 0.1) is 12.8 Å². The summed E-state index contributed by atoms with van der Waals surface area (Å²) in [5.41, 5.74) is 4.26. The van der Waals surface area contributed by atoms with Gasteiger partial charge in [0.25, 0.3) is 0 Å². The second-order valence-electron chi connectivity index (χ2n) is 12.1. The number of aliphatic hydroxyl groups is 2. The lowest BCUT2D eigenvalue weighted by Gasteiger charge is -2.29. The smallest absolute Gasteiger partial charge is 0.407 e. The van der Waals surface area contributed by atoms with Gasteiger partial charge < -0.3 is 25.6 Å².